The maximum atomic E-state index is 12.4. The summed E-state index contributed by atoms with van der Waals surface area (Å²) in [7, 11) is 1.47. The van der Waals surface area contributed by atoms with E-state index >= 15 is 0 Å². The first-order valence-corrected chi connectivity index (χ1v) is 4.77. The van der Waals surface area contributed by atoms with Gasteiger partial charge in [-0.15, -0.1) is 0 Å². The highest BCUT2D eigenvalue weighted by Crippen LogP contribution is 2.22. The number of rotatable bonds is 6. The molecule has 0 aliphatic rings. The van der Waals surface area contributed by atoms with Crippen LogP contribution in [0.2, 0.25) is 0 Å². The van der Waals surface area contributed by atoms with E-state index in [4.69, 9.17) is 10.5 Å². The summed E-state index contributed by atoms with van der Waals surface area (Å²) in [6.45, 7) is -0.318. The van der Waals surface area contributed by atoms with E-state index < -0.39 is 18.8 Å². The first-order chi connectivity index (χ1) is 7.72. The van der Waals surface area contributed by atoms with Crippen molar-refractivity contribution < 1.29 is 18.7 Å². The Morgan fingerprint density at radius 2 is 2.06 bits per heavy atom. The van der Waals surface area contributed by atoms with Gasteiger partial charge in [0.1, 0.15) is 12.4 Å². The summed E-state index contributed by atoms with van der Waals surface area (Å²) in [5.74, 6) is 0.419. The molecule has 0 fully saturated rings. The van der Waals surface area contributed by atoms with Crippen molar-refractivity contribution in [3.63, 3.8) is 0 Å². The van der Waals surface area contributed by atoms with Gasteiger partial charge in [-0.05, 0) is 17.7 Å². The lowest BCUT2D eigenvalue weighted by atomic mass is 10.0. The highest BCUT2D eigenvalue weighted by atomic mass is 19.1. The molecule has 0 heterocycles. The fourth-order valence-electron chi connectivity index (χ4n) is 1.43. The van der Waals surface area contributed by atoms with Gasteiger partial charge in [0, 0.05) is 7.11 Å². The van der Waals surface area contributed by atoms with Gasteiger partial charge >= 0.3 is 0 Å². The van der Waals surface area contributed by atoms with E-state index in [1.807, 2.05) is 0 Å². The summed E-state index contributed by atoms with van der Waals surface area (Å²) in [4.78, 5) is 10.1. The highest BCUT2D eigenvalue weighted by Gasteiger charge is 2.19. The Hall–Kier alpha value is -1.46. The molecule has 0 spiro atoms. The predicted octanol–water partition coefficient (Wildman–Crippen LogP) is 1.21. The zero-order chi connectivity index (χ0) is 12.0. The topological polar surface area (TPSA) is 61.5 Å². The van der Waals surface area contributed by atoms with Crippen LogP contribution in [-0.2, 0) is 9.53 Å². The fraction of sp³-hybridized carbons (Fsp3) is 0.364. The Balaban J connectivity index is 2.81. The zero-order valence-corrected chi connectivity index (χ0v) is 8.93. The summed E-state index contributed by atoms with van der Waals surface area (Å²) in [5, 5.41) is 0. The van der Waals surface area contributed by atoms with Crippen LogP contribution in [0.25, 0.3) is 0 Å². The molecule has 2 unspecified atom stereocenters. The molecule has 0 radical (unpaired) electrons. The molecule has 0 saturated heterocycles. The van der Waals surface area contributed by atoms with Crippen LogP contribution in [0.3, 0.4) is 0 Å². The fourth-order valence-corrected chi connectivity index (χ4v) is 1.43. The van der Waals surface area contributed by atoms with Crippen LogP contribution in [0, 0.1) is 0 Å². The first kappa shape index (κ1) is 12.6. The normalized spacial score (nSPS) is 14.2. The Morgan fingerprint density at radius 3 is 2.50 bits per heavy atom. The van der Waals surface area contributed by atoms with Crippen LogP contribution in [0.1, 0.15) is 11.7 Å². The Bertz CT molecular complexity index is 329. The van der Waals surface area contributed by atoms with Crippen molar-refractivity contribution in [1.82, 2.24) is 0 Å². The lowest BCUT2D eigenvalue weighted by Gasteiger charge is -2.20. The van der Waals surface area contributed by atoms with Gasteiger partial charge in [0.25, 0.3) is 6.47 Å². The third-order valence-electron chi connectivity index (χ3n) is 2.21. The van der Waals surface area contributed by atoms with Crippen LogP contribution in [0.4, 0.5) is 4.39 Å². The van der Waals surface area contributed by atoms with E-state index in [1.165, 1.54) is 7.11 Å². The second kappa shape index (κ2) is 6.19. The van der Waals surface area contributed by atoms with Gasteiger partial charge in [-0.25, -0.2) is 4.39 Å². The molecule has 1 aromatic carbocycles. The van der Waals surface area contributed by atoms with E-state index in [2.05, 4.69) is 4.74 Å². The predicted molar refractivity (Wildman–Crippen MR) is 56.8 cm³/mol. The molecule has 2 atom stereocenters. The lowest BCUT2D eigenvalue weighted by Crippen LogP contribution is -2.31. The highest BCUT2D eigenvalue weighted by molar-refractivity contribution is 5.45. The summed E-state index contributed by atoms with van der Waals surface area (Å²) < 4.78 is 22.2. The number of carbonyl (C=O) groups is 1. The second-order valence-corrected chi connectivity index (χ2v) is 3.26. The molecule has 1 aromatic rings. The van der Waals surface area contributed by atoms with E-state index in [0.29, 0.717) is 12.2 Å². The van der Waals surface area contributed by atoms with Gasteiger partial charge in [-0.1, -0.05) is 12.1 Å². The van der Waals surface area contributed by atoms with Gasteiger partial charge in [0.15, 0.2) is 0 Å². The molecule has 1 rings (SSSR count). The summed E-state index contributed by atoms with van der Waals surface area (Å²) in [6, 6.07) is 5.86. The van der Waals surface area contributed by atoms with Gasteiger partial charge in [0.2, 0.25) is 0 Å². The van der Waals surface area contributed by atoms with Crippen LogP contribution < -0.4 is 10.5 Å². The molecule has 88 valence electrons. The maximum absolute atomic E-state index is 12.4. The Kier molecular flexibility index (Phi) is 4.88. The third-order valence-corrected chi connectivity index (χ3v) is 2.21. The number of methoxy groups -OCH3 is 1. The molecule has 0 amide bonds. The van der Waals surface area contributed by atoms with Crippen molar-refractivity contribution in [1.29, 1.82) is 0 Å². The maximum Gasteiger partial charge on any atom is 0.298 e. The minimum absolute atomic E-state index is 0.343. The van der Waals surface area contributed by atoms with Crippen molar-refractivity contribution in [2.24, 2.45) is 5.73 Å². The van der Waals surface area contributed by atoms with Crippen LogP contribution in [-0.4, -0.2) is 26.3 Å². The minimum atomic E-state index is -0.706. The van der Waals surface area contributed by atoms with E-state index in [1.54, 1.807) is 24.3 Å². The van der Waals surface area contributed by atoms with E-state index in [9.17, 15) is 9.18 Å². The van der Waals surface area contributed by atoms with Crippen molar-refractivity contribution in [2.75, 3.05) is 13.8 Å². The first-order valence-electron chi connectivity index (χ1n) is 4.77. The summed E-state index contributed by atoms with van der Waals surface area (Å²) in [5.41, 5.74) is 6.31. The summed E-state index contributed by atoms with van der Waals surface area (Å²) >= 11 is 0. The van der Waals surface area contributed by atoms with Crippen LogP contribution in [0.5, 0.6) is 5.75 Å². The average molecular weight is 227 g/mol. The number of benzene rings is 1. The SMILES string of the molecule is COC(c1ccc(OC=O)cc1)C(N)CF. The van der Waals surface area contributed by atoms with Crippen molar-refractivity contribution >= 4 is 6.47 Å². The number of nitrogens with two attached hydrogens (primary N) is 1. The number of halogens is 1. The molecule has 0 saturated carbocycles. The van der Waals surface area contributed by atoms with Crippen molar-refractivity contribution in [2.45, 2.75) is 12.1 Å². The largest absolute Gasteiger partial charge is 0.429 e. The number of hydrogen-bond acceptors (Lipinski definition) is 4. The third kappa shape index (κ3) is 3.01. The number of ether oxygens (including phenoxy) is 2. The molecule has 0 bridgehead atoms. The van der Waals surface area contributed by atoms with Crippen LogP contribution in [0.15, 0.2) is 24.3 Å². The van der Waals surface area contributed by atoms with E-state index in [0.717, 1.165) is 5.56 Å². The molecule has 5 heteroatoms. The van der Waals surface area contributed by atoms with Crippen molar-refractivity contribution in [3.8, 4) is 5.75 Å². The molecule has 0 aliphatic carbocycles. The molecular formula is C11H14FNO3. The van der Waals surface area contributed by atoms with Gasteiger partial charge in [-0.3, -0.25) is 4.79 Å². The monoisotopic (exact) mass is 227 g/mol. The molecule has 2 N–H and O–H groups in total. The van der Waals surface area contributed by atoms with Gasteiger partial charge in [0.05, 0.1) is 12.1 Å². The molecule has 4 nitrogen and oxygen atoms in total. The standard InChI is InChI=1S/C11H14FNO3/c1-15-11(10(13)6-12)8-2-4-9(5-3-8)16-7-14/h2-5,7,10-11H,6,13H2,1H3. The summed E-state index contributed by atoms with van der Waals surface area (Å²) in [6.07, 6.45) is -0.504. The molecular weight excluding hydrogens is 213 g/mol. The van der Waals surface area contributed by atoms with E-state index in [-0.39, 0.29) is 0 Å². The Labute approximate surface area is 93.2 Å². The average Bonchev–Trinajstić information content (AvgIpc) is 2.32. The number of alkyl halides is 1. The quantitative estimate of drug-likeness (QED) is 0.742. The number of hydrogen-bond donors (Lipinski definition) is 1. The lowest BCUT2D eigenvalue weighted by molar-refractivity contribution is -0.120. The minimum Gasteiger partial charge on any atom is -0.429 e. The molecule has 0 aliphatic heterocycles. The second-order valence-electron chi connectivity index (χ2n) is 3.26. The van der Waals surface area contributed by atoms with Gasteiger partial charge < -0.3 is 15.2 Å². The molecule has 16 heavy (non-hydrogen) atoms. The molecule has 0 aromatic heterocycles. The smallest absolute Gasteiger partial charge is 0.298 e. The zero-order valence-electron chi connectivity index (χ0n) is 8.93. The number of carbonyl (C=O) groups excluding carboxylic acids is 1. The van der Waals surface area contributed by atoms with Gasteiger partial charge in [-0.2, -0.15) is 0 Å². The Morgan fingerprint density at radius 1 is 1.44 bits per heavy atom. The van der Waals surface area contributed by atoms with Crippen LogP contribution >= 0.6 is 0 Å². The van der Waals surface area contributed by atoms with Crippen molar-refractivity contribution in [3.05, 3.63) is 29.8 Å².